The van der Waals surface area contributed by atoms with Gasteiger partial charge in [-0.15, -0.1) is 0 Å². The van der Waals surface area contributed by atoms with Crippen LogP contribution >= 0.6 is 0 Å². The first kappa shape index (κ1) is 24.7. The molecule has 1 fully saturated rings. The Labute approximate surface area is 167 Å². The van der Waals surface area contributed by atoms with Crippen LogP contribution in [0.4, 0.5) is 0 Å². The molecule has 0 aromatic carbocycles. The van der Waals surface area contributed by atoms with Gasteiger partial charge >= 0.3 is 35.0 Å². The molecular formula is C18H43O4Si4. The molecular weight excluding hydrogens is 393 g/mol. The van der Waals surface area contributed by atoms with E-state index < -0.39 is 35.0 Å². The van der Waals surface area contributed by atoms with Crippen LogP contribution in [-0.2, 0) is 16.5 Å². The maximum absolute atomic E-state index is 6.93. The van der Waals surface area contributed by atoms with Crippen LogP contribution in [0.15, 0.2) is 0 Å². The SMILES string of the molecule is CCCC[Si]1(C)O[Si](C(C)(C)CC)O[Si](C)(CCC)O[Si](C)(CCC)O1. The molecule has 1 aliphatic heterocycles. The maximum atomic E-state index is 6.93. The van der Waals surface area contributed by atoms with Crippen LogP contribution < -0.4 is 0 Å². The van der Waals surface area contributed by atoms with Crippen LogP contribution in [0, 0.1) is 0 Å². The fraction of sp³-hybridized carbons (Fsp3) is 1.00. The highest BCUT2D eigenvalue weighted by atomic mass is 28.5. The molecule has 0 aliphatic carbocycles. The van der Waals surface area contributed by atoms with E-state index in [1.165, 1.54) is 6.42 Å². The van der Waals surface area contributed by atoms with Crippen LogP contribution in [0.2, 0.25) is 42.8 Å². The summed E-state index contributed by atoms with van der Waals surface area (Å²) in [6.07, 6.45) is 5.57. The van der Waals surface area contributed by atoms with Crippen molar-refractivity contribution < 1.29 is 16.5 Å². The van der Waals surface area contributed by atoms with Crippen molar-refractivity contribution in [2.45, 2.75) is 116 Å². The summed E-state index contributed by atoms with van der Waals surface area (Å²) in [4.78, 5) is 0. The molecule has 8 heteroatoms. The summed E-state index contributed by atoms with van der Waals surface area (Å²) in [5.74, 6) is 0. The van der Waals surface area contributed by atoms with Gasteiger partial charge in [0.15, 0.2) is 0 Å². The minimum atomic E-state index is -2.31. The van der Waals surface area contributed by atoms with Crippen molar-refractivity contribution in [1.29, 1.82) is 0 Å². The molecule has 0 aromatic heterocycles. The zero-order valence-electron chi connectivity index (χ0n) is 18.8. The topological polar surface area (TPSA) is 36.9 Å². The van der Waals surface area contributed by atoms with E-state index in [0.717, 1.165) is 43.8 Å². The van der Waals surface area contributed by atoms with Crippen molar-refractivity contribution in [2.24, 2.45) is 0 Å². The molecule has 1 rings (SSSR count). The Morgan fingerprint density at radius 2 is 1.15 bits per heavy atom. The minimum absolute atomic E-state index is 0.0555. The Morgan fingerprint density at radius 1 is 0.692 bits per heavy atom. The summed E-state index contributed by atoms with van der Waals surface area (Å²) in [5, 5.41) is 0.0555. The molecule has 1 saturated heterocycles. The van der Waals surface area contributed by atoms with E-state index >= 15 is 0 Å². The second-order valence-corrected chi connectivity index (χ2v) is 22.4. The van der Waals surface area contributed by atoms with Gasteiger partial charge in [0.25, 0.3) is 0 Å². The lowest BCUT2D eigenvalue weighted by Crippen LogP contribution is -2.65. The highest BCUT2D eigenvalue weighted by Gasteiger charge is 2.55. The molecule has 0 amide bonds. The molecule has 4 nitrogen and oxygen atoms in total. The summed E-state index contributed by atoms with van der Waals surface area (Å²) >= 11 is 0. The molecule has 3 unspecified atom stereocenters. The second kappa shape index (κ2) is 9.95. The lowest BCUT2D eigenvalue weighted by atomic mass is 10.1. The zero-order chi connectivity index (χ0) is 20.1. The molecule has 0 saturated carbocycles. The molecule has 0 aromatic rings. The number of rotatable bonds is 9. The second-order valence-electron chi connectivity index (χ2n) is 8.94. The fourth-order valence-electron chi connectivity index (χ4n) is 3.52. The lowest BCUT2D eigenvalue weighted by Gasteiger charge is -2.49. The van der Waals surface area contributed by atoms with Gasteiger partial charge in [0.1, 0.15) is 0 Å². The monoisotopic (exact) mass is 435 g/mol. The van der Waals surface area contributed by atoms with E-state index in [1.54, 1.807) is 0 Å². The van der Waals surface area contributed by atoms with Crippen molar-refractivity contribution in [3.05, 3.63) is 0 Å². The van der Waals surface area contributed by atoms with Crippen molar-refractivity contribution in [3.8, 4) is 0 Å². The molecule has 26 heavy (non-hydrogen) atoms. The molecule has 1 heterocycles. The summed E-state index contributed by atoms with van der Waals surface area (Å²) in [6.45, 7) is 20.3. The Balaban J connectivity index is 3.27. The molecule has 3 atom stereocenters. The van der Waals surface area contributed by atoms with Gasteiger partial charge in [-0.3, -0.25) is 0 Å². The Hall–Kier alpha value is 0.708. The van der Waals surface area contributed by atoms with Crippen molar-refractivity contribution in [2.75, 3.05) is 0 Å². The van der Waals surface area contributed by atoms with E-state index in [4.69, 9.17) is 16.5 Å². The lowest BCUT2D eigenvalue weighted by molar-refractivity contribution is 0.220. The van der Waals surface area contributed by atoms with E-state index in [9.17, 15) is 0 Å². The first-order valence-corrected chi connectivity index (χ1v) is 19.5. The smallest absolute Gasteiger partial charge is 0.371 e. The van der Waals surface area contributed by atoms with Crippen LogP contribution in [0.1, 0.15) is 73.6 Å². The van der Waals surface area contributed by atoms with Gasteiger partial charge in [-0.2, -0.15) is 0 Å². The average molecular weight is 436 g/mol. The van der Waals surface area contributed by atoms with Crippen molar-refractivity contribution in [1.82, 2.24) is 0 Å². The van der Waals surface area contributed by atoms with Crippen molar-refractivity contribution in [3.63, 3.8) is 0 Å². The molecule has 155 valence electrons. The van der Waals surface area contributed by atoms with Crippen LogP contribution in [0.25, 0.3) is 0 Å². The van der Waals surface area contributed by atoms with Gasteiger partial charge in [0.2, 0.25) is 0 Å². The number of hydrogen-bond donors (Lipinski definition) is 0. The van der Waals surface area contributed by atoms with Gasteiger partial charge in [-0.25, -0.2) is 0 Å². The van der Waals surface area contributed by atoms with Gasteiger partial charge < -0.3 is 16.5 Å². The third-order valence-electron chi connectivity index (χ3n) is 5.31. The summed E-state index contributed by atoms with van der Waals surface area (Å²) in [7, 11) is -8.36. The minimum Gasteiger partial charge on any atom is -0.416 e. The van der Waals surface area contributed by atoms with Crippen LogP contribution in [0.5, 0.6) is 0 Å². The standard InChI is InChI=1S/C18H43O4Si4/c1-10-14-17-25(8)20-23(18(5,6)13-4)19-24(7,15-11-2)21-26(9,22-25)16-12-3/h10-17H2,1-9H3. The van der Waals surface area contributed by atoms with Gasteiger partial charge in [-0.05, 0) is 44.2 Å². The molecule has 1 radical (unpaired) electrons. The largest absolute Gasteiger partial charge is 0.416 e. The summed E-state index contributed by atoms with van der Waals surface area (Å²) in [5.41, 5.74) is 0. The quantitative estimate of drug-likeness (QED) is 0.383. The predicted octanol–water partition coefficient (Wildman–Crippen LogP) is 6.58. The normalized spacial score (nSPS) is 34.5. The van der Waals surface area contributed by atoms with E-state index in [1.807, 2.05) is 0 Å². The first-order chi connectivity index (χ1) is 12.0. The third kappa shape index (κ3) is 6.95. The third-order valence-corrected chi connectivity index (χ3v) is 22.7. The van der Waals surface area contributed by atoms with Crippen molar-refractivity contribution >= 4 is 35.0 Å². The molecule has 1 aliphatic rings. The predicted molar refractivity (Wildman–Crippen MR) is 119 cm³/mol. The van der Waals surface area contributed by atoms with Crippen LogP contribution in [-0.4, -0.2) is 35.0 Å². The van der Waals surface area contributed by atoms with Crippen LogP contribution in [0.3, 0.4) is 0 Å². The average Bonchev–Trinajstić information content (AvgIpc) is 2.51. The fourth-order valence-corrected chi connectivity index (χ4v) is 23.9. The molecule has 0 N–H and O–H groups in total. The van der Waals surface area contributed by atoms with E-state index in [2.05, 4.69) is 61.2 Å². The maximum Gasteiger partial charge on any atom is 0.371 e. The molecule has 0 spiro atoms. The number of unbranched alkanes of at least 4 members (excludes halogenated alkanes) is 1. The molecule has 0 bridgehead atoms. The van der Waals surface area contributed by atoms with Gasteiger partial charge in [0, 0.05) is 5.04 Å². The van der Waals surface area contributed by atoms with Gasteiger partial charge in [0.05, 0.1) is 0 Å². The zero-order valence-corrected chi connectivity index (χ0v) is 22.8. The summed E-state index contributed by atoms with van der Waals surface area (Å²) in [6, 6.07) is 3.09. The van der Waals surface area contributed by atoms with E-state index in [-0.39, 0.29) is 5.04 Å². The van der Waals surface area contributed by atoms with Gasteiger partial charge in [-0.1, -0.05) is 67.2 Å². The summed E-state index contributed by atoms with van der Waals surface area (Å²) < 4.78 is 27.6. The first-order valence-electron chi connectivity index (χ1n) is 10.6. The highest BCUT2D eigenvalue weighted by molar-refractivity contribution is 6.90. The number of hydrogen-bond acceptors (Lipinski definition) is 4. The Kier molecular flexibility index (Phi) is 9.47. The Morgan fingerprint density at radius 3 is 1.58 bits per heavy atom. The Bertz CT molecular complexity index is 439. The van der Waals surface area contributed by atoms with E-state index in [0.29, 0.717) is 0 Å². The highest BCUT2D eigenvalue weighted by Crippen LogP contribution is 2.41.